The van der Waals surface area contributed by atoms with Crippen LogP contribution in [0.25, 0.3) is 0 Å². The monoisotopic (exact) mass is 262 g/mol. The van der Waals surface area contributed by atoms with Crippen LogP contribution in [0.4, 0.5) is 0 Å². The van der Waals surface area contributed by atoms with Gasteiger partial charge in [-0.25, -0.2) is 0 Å². The first kappa shape index (κ1) is 9.00. The van der Waals surface area contributed by atoms with Crippen LogP contribution in [0.3, 0.4) is 0 Å². The smallest absolute Gasteiger partial charge is 0.109 e. The maximum atomic E-state index is 5.03. The molecule has 1 aromatic rings. The fraction of sp³-hybridized carbons (Fsp3) is 0.333. The third-order valence-corrected chi connectivity index (χ3v) is 2.04. The highest BCUT2D eigenvalue weighted by molar-refractivity contribution is 14.1. The van der Waals surface area contributed by atoms with Gasteiger partial charge in [-0.3, -0.25) is 0 Å². The molecule has 0 N–H and O–H groups in total. The normalized spacial score (nSPS) is 12.9. The molecule has 0 fully saturated rings. The summed E-state index contributed by atoms with van der Waals surface area (Å²) in [7, 11) is 0. The molecule has 2 heteroatoms. The molecule has 0 radical (unpaired) electrons. The van der Waals surface area contributed by atoms with Gasteiger partial charge in [-0.05, 0) is 5.56 Å². The summed E-state index contributed by atoms with van der Waals surface area (Å²) in [5.41, 5.74) is 1.34. The van der Waals surface area contributed by atoms with Crippen molar-refractivity contribution < 1.29 is 3.07 Å². The van der Waals surface area contributed by atoms with Crippen LogP contribution in [0, 0.1) is 0 Å². The lowest BCUT2D eigenvalue weighted by Crippen LogP contribution is -1.98. The van der Waals surface area contributed by atoms with E-state index in [-0.39, 0.29) is 0 Å². The second kappa shape index (κ2) is 4.72. The van der Waals surface area contributed by atoms with Gasteiger partial charge in [-0.2, -0.15) is 0 Å². The standard InChI is InChI=1S/C9H11IO/c1-8(7-11-10)9-5-3-2-4-6-9/h2-6,8H,7H2,1H3. The Morgan fingerprint density at radius 2 is 2.00 bits per heavy atom. The molecule has 11 heavy (non-hydrogen) atoms. The minimum Gasteiger partial charge on any atom is -0.315 e. The van der Waals surface area contributed by atoms with Gasteiger partial charge in [-0.15, -0.1) is 0 Å². The number of benzene rings is 1. The van der Waals surface area contributed by atoms with Crippen LogP contribution in [0.5, 0.6) is 0 Å². The third-order valence-electron chi connectivity index (χ3n) is 1.68. The Morgan fingerprint density at radius 3 is 2.55 bits per heavy atom. The Morgan fingerprint density at radius 1 is 1.36 bits per heavy atom. The van der Waals surface area contributed by atoms with Crippen LogP contribution in [0.2, 0.25) is 0 Å². The van der Waals surface area contributed by atoms with Gasteiger partial charge in [-0.1, -0.05) is 37.3 Å². The summed E-state index contributed by atoms with van der Waals surface area (Å²) in [6.45, 7) is 2.94. The van der Waals surface area contributed by atoms with Crippen molar-refractivity contribution in [3.63, 3.8) is 0 Å². The zero-order chi connectivity index (χ0) is 8.10. The molecule has 0 aliphatic heterocycles. The number of hydrogen-bond acceptors (Lipinski definition) is 1. The molecule has 0 bridgehead atoms. The average Bonchev–Trinajstić information content (AvgIpc) is 2.07. The predicted octanol–water partition coefficient (Wildman–Crippen LogP) is 3.16. The van der Waals surface area contributed by atoms with Crippen LogP contribution < -0.4 is 0 Å². The Kier molecular flexibility index (Phi) is 3.86. The lowest BCUT2D eigenvalue weighted by molar-refractivity contribution is 0.392. The minimum absolute atomic E-state index is 0.494. The molecular weight excluding hydrogens is 251 g/mol. The van der Waals surface area contributed by atoms with Crippen LogP contribution >= 0.6 is 23.0 Å². The molecule has 0 saturated carbocycles. The second-order valence-corrected chi connectivity index (χ2v) is 3.21. The molecule has 1 unspecified atom stereocenters. The lowest BCUT2D eigenvalue weighted by Gasteiger charge is -2.08. The van der Waals surface area contributed by atoms with Gasteiger partial charge in [0.25, 0.3) is 0 Å². The van der Waals surface area contributed by atoms with Gasteiger partial charge in [0.15, 0.2) is 0 Å². The zero-order valence-electron chi connectivity index (χ0n) is 6.46. The molecule has 1 aromatic carbocycles. The summed E-state index contributed by atoms with van der Waals surface area (Å²) in [6, 6.07) is 10.4. The SMILES string of the molecule is CC(COI)c1ccccc1. The van der Waals surface area contributed by atoms with Crippen molar-refractivity contribution in [2.24, 2.45) is 0 Å². The first-order chi connectivity index (χ1) is 5.34. The van der Waals surface area contributed by atoms with Crippen LogP contribution in [0.1, 0.15) is 18.4 Å². The lowest BCUT2D eigenvalue weighted by atomic mass is 10.0. The maximum absolute atomic E-state index is 5.03. The molecular formula is C9H11IO. The quantitative estimate of drug-likeness (QED) is 0.760. The maximum Gasteiger partial charge on any atom is 0.109 e. The number of halogens is 1. The molecule has 0 spiro atoms. The van der Waals surface area contributed by atoms with E-state index in [4.69, 9.17) is 3.07 Å². The van der Waals surface area contributed by atoms with Crippen molar-refractivity contribution >= 4 is 23.0 Å². The summed E-state index contributed by atoms with van der Waals surface area (Å²) in [4.78, 5) is 0. The van der Waals surface area contributed by atoms with E-state index in [9.17, 15) is 0 Å². The van der Waals surface area contributed by atoms with Gasteiger partial charge in [0, 0.05) is 5.92 Å². The van der Waals surface area contributed by atoms with Gasteiger partial charge < -0.3 is 3.07 Å². The van der Waals surface area contributed by atoms with Crippen LogP contribution in [0.15, 0.2) is 30.3 Å². The fourth-order valence-corrected chi connectivity index (χ4v) is 1.51. The first-order valence-corrected chi connectivity index (χ1v) is 4.51. The highest BCUT2D eigenvalue weighted by Crippen LogP contribution is 2.15. The summed E-state index contributed by atoms with van der Waals surface area (Å²) < 4.78 is 5.03. The molecule has 60 valence electrons. The number of rotatable bonds is 3. The predicted molar refractivity (Wildman–Crippen MR) is 54.8 cm³/mol. The summed E-state index contributed by atoms with van der Waals surface area (Å²) >= 11 is 1.93. The van der Waals surface area contributed by atoms with Crippen molar-refractivity contribution in [3.8, 4) is 0 Å². The molecule has 0 aliphatic carbocycles. The van der Waals surface area contributed by atoms with Crippen molar-refractivity contribution in [3.05, 3.63) is 35.9 Å². The second-order valence-electron chi connectivity index (χ2n) is 2.59. The molecule has 0 aliphatic rings. The van der Waals surface area contributed by atoms with Gasteiger partial charge >= 0.3 is 0 Å². The van der Waals surface area contributed by atoms with E-state index < -0.39 is 0 Å². The molecule has 1 nitrogen and oxygen atoms in total. The van der Waals surface area contributed by atoms with Crippen LogP contribution in [-0.4, -0.2) is 6.61 Å². The summed E-state index contributed by atoms with van der Waals surface area (Å²) in [5, 5.41) is 0. The summed E-state index contributed by atoms with van der Waals surface area (Å²) in [5.74, 6) is 0.494. The molecule has 1 atom stereocenters. The highest BCUT2D eigenvalue weighted by Gasteiger charge is 2.02. The summed E-state index contributed by atoms with van der Waals surface area (Å²) in [6.07, 6.45) is 0. The number of hydrogen-bond donors (Lipinski definition) is 0. The topological polar surface area (TPSA) is 9.23 Å². The Labute approximate surface area is 81.5 Å². The van der Waals surface area contributed by atoms with E-state index in [1.807, 2.05) is 29.1 Å². The van der Waals surface area contributed by atoms with Crippen molar-refractivity contribution in [1.82, 2.24) is 0 Å². The third kappa shape index (κ3) is 2.79. The van der Waals surface area contributed by atoms with E-state index in [0.717, 1.165) is 6.61 Å². The average molecular weight is 262 g/mol. The Bertz CT molecular complexity index is 198. The van der Waals surface area contributed by atoms with Crippen LogP contribution in [-0.2, 0) is 3.07 Å². The van der Waals surface area contributed by atoms with Crippen molar-refractivity contribution in [2.75, 3.05) is 6.61 Å². The molecule has 1 rings (SSSR count). The van der Waals surface area contributed by atoms with E-state index in [1.54, 1.807) is 0 Å². The Hall–Kier alpha value is -0.0900. The van der Waals surface area contributed by atoms with Gasteiger partial charge in [0.1, 0.15) is 23.0 Å². The minimum atomic E-state index is 0.494. The Balaban J connectivity index is 2.61. The van der Waals surface area contributed by atoms with E-state index in [0.29, 0.717) is 5.92 Å². The van der Waals surface area contributed by atoms with E-state index in [2.05, 4.69) is 31.2 Å². The fourth-order valence-electron chi connectivity index (χ4n) is 0.972. The van der Waals surface area contributed by atoms with Crippen molar-refractivity contribution in [1.29, 1.82) is 0 Å². The van der Waals surface area contributed by atoms with Gasteiger partial charge in [0.05, 0.1) is 6.61 Å². The van der Waals surface area contributed by atoms with Gasteiger partial charge in [0.2, 0.25) is 0 Å². The highest BCUT2D eigenvalue weighted by atomic mass is 127. The largest absolute Gasteiger partial charge is 0.315 e. The van der Waals surface area contributed by atoms with E-state index >= 15 is 0 Å². The molecule has 0 aromatic heterocycles. The molecule has 0 heterocycles. The zero-order valence-corrected chi connectivity index (χ0v) is 8.61. The molecule has 0 amide bonds. The first-order valence-electron chi connectivity index (χ1n) is 3.63. The van der Waals surface area contributed by atoms with E-state index in [1.165, 1.54) is 5.56 Å². The molecule has 0 saturated heterocycles. The van der Waals surface area contributed by atoms with Crippen molar-refractivity contribution in [2.45, 2.75) is 12.8 Å².